The predicted molar refractivity (Wildman–Crippen MR) is 67.4 cm³/mol. The lowest BCUT2D eigenvalue weighted by atomic mass is 9.88. The summed E-state index contributed by atoms with van der Waals surface area (Å²) in [5.41, 5.74) is 0.463. The molecule has 5 nitrogen and oxygen atoms in total. The Hall–Kier alpha value is -2.00. The summed E-state index contributed by atoms with van der Waals surface area (Å²) >= 11 is 0. The summed E-state index contributed by atoms with van der Waals surface area (Å²) < 4.78 is 16.1. The number of methoxy groups -OCH3 is 1. The van der Waals surface area contributed by atoms with Crippen LogP contribution in [0.25, 0.3) is 0 Å². The van der Waals surface area contributed by atoms with E-state index in [9.17, 15) is 4.79 Å². The molecule has 0 unspecified atom stereocenters. The Bertz CT molecular complexity index is 543. The Balaban J connectivity index is 2.12. The summed E-state index contributed by atoms with van der Waals surface area (Å²) in [6, 6.07) is 3.79. The Morgan fingerprint density at radius 1 is 1.32 bits per heavy atom. The Kier molecular flexibility index (Phi) is 2.91. The van der Waals surface area contributed by atoms with Crippen LogP contribution in [-0.4, -0.2) is 20.0 Å². The van der Waals surface area contributed by atoms with Crippen LogP contribution in [0.2, 0.25) is 0 Å². The van der Waals surface area contributed by atoms with Gasteiger partial charge in [-0.05, 0) is 30.5 Å². The average Bonchev–Trinajstić information content (AvgIpc) is 3.06. The van der Waals surface area contributed by atoms with Crippen molar-refractivity contribution in [3.8, 4) is 17.2 Å². The molecule has 19 heavy (non-hydrogen) atoms. The van der Waals surface area contributed by atoms with Crippen molar-refractivity contribution in [2.45, 2.75) is 31.2 Å². The molecular weight excluding hydrogens is 246 g/mol. The van der Waals surface area contributed by atoms with Crippen LogP contribution < -0.4 is 14.2 Å². The van der Waals surface area contributed by atoms with Gasteiger partial charge in [-0.2, -0.15) is 4.99 Å². The van der Waals surface area contributed by atoms with Gasteiger partial charge >= 0.3 is 0 Å². The van der Waals surface area contributed by atoms with E-state index in [-0.39, 0.29) is 6.79 Å². The molecule has 1 aromatic carbocycles. The predicted octanol–water partition coefficient (Wildman–Crippen LogP) is 2.53. The lowest BCUT2D eigenvalue weighted by molar-refractivity contribution is 0.171. The summed E-state index contributed by atoms with van der Waals surface area (Å²) in [4.78, 5) is 14.8. The second-order valence-corrected chi connectivity index (χ2v) is 4.85. The van der Waals surface area contributed by atoms with Gasteiger partial charge in [-0.25, -0.2) is 4.79 Å². The number of hydrogen-bond acceptors (Lipinski definition) is 5. The molecule has 0 N–H and O–H groups in total. The minimum absolute atomic E-state index is 0.194. The number of aliphatic imine (C=N–C) groups is 1. The minimum Gasteiger partial charge on any atom is -0.493 e. The standard InChI is InChI=1S/C14H15NO4/c1-17-11-6-10(7-12-13(11)19-9-18-12)14(15-8-16)4-2-3-5-14/h6-7H,2-5,9H2,1H3. The molecule has 3 rings (SSSR count). The zero-order valence-corrected chi connectivity index (χ0v) is 10.8. The summed E-state index contributed by atoms with van der Waals surface area (Å²) in [5, 5.41) is 0. The van der Waals surface area contributed by atoms with Crippen LogP contribution in [0.3, 0.4) is 0 Å². The van der Waals surface area contributed by atoms with Crippen molar-refractivity contribution in [3.05, 3.63) is 17.7 Å². The topological polar surface area (TPSA) is 57.1 Å². The molecule has 5 heteroatoms. The maximum Gasteiger partial charge on any atom is 0.235 e. The second-order valence-electron chi connectivity index (χ2n) is 4.85. The highest BCUT2D eigenvalue weighted by molar-refractivity contribution is 5.57. The number of benzene rings is 1. The molecule has 100 valence electrons. The summed E-state index contributed by atoms with van der Waals surface area (Å²) in [6.45, 7) is 0.194. The largest absolute Gasteiger partial charge is 0.493 e. The summed E-state index contributed by atoms with van der Waals surface area (Å²) in [6.07, 6.45) is 5.54. The molecule has 1 aliphatic heterocycles. The highest BCUT2D eigenvalue weighted by Gasteiger charge is 2.37. The molecule has 1 fully saturated rings. The van der Waals surface area contributed by atoms with Crippen LogP contribution in [-0.2, 0) is 10.3 Å². The van der Waals surface area contributed by atoms with E-state index in [1.807, 2.05) is 12.1 Å². The van der Waals surface area contributed by atoms with Gasteiger partial charge in [0.25, 0.3) is 0 Å². The Morgan fingerprint density at radius 3 is 2.79 bits per heavy atom. The average molecular weight is 261 g/mol. The first-order valence-electron chi connectivity index (χ1n) is 6.36. The fourth-order valence-electron chi connectivity index (χ4n) is 2.91. The van der Waals surface area contributed by atoms with Crippen molar-refractivity contribution in [3.63, 3.8) is 0 Å². The SMILES string of the molecule is COc1cc(C2(N=C=O)CCCC2)cc2c1OCO2. The number of hydrogen-bond donors (Lipinski definition) is 0. The highest BCUT2D eigenvalue weighted by Crippen LogP contribution is 2.49. The van der Waals surface area contributed by atoms with Gasteiger partial charge in [-0.3, -0.25) is 0 Å². The number of isocyanates is 1. The smallest absolute Gasteiger partial charge is 0.235 e. The lowest BCUT2D eigenvalue weighted by Crippen LogP contribution is -2.18. The third-order valence-electron chi connectivity index (χ3n) is 3.89. The van der Waals surface area contributed by atoms with Crippen molar-refractivity contribution in [2.75, 3.05) is 13.9 Å². The third-order valence-corrected chi connectivity index (χ3v) is 3.89. The van der Waals surface area contributed by atoms with Crippen molar-refractivity contribution in [1.82, 2.24) is 0 Å². The van der Waals surface area contributed by atoms with E-state index in [1.165, 1.54) is 0 Å². The fourth-order valence-corrected chi connectivity index (χ4v) is 2.91. The van der Waals surface area contributed by atoms with Crippen LogP contribution in [0.1, 0.15) is 31.2 Å². The second kappa shape index (κ2) is 4.59. The number of carbonyl (C=O) groups excluding carboxylic acids is 1. The van der Waals surface area contributed by atoms with Gasteiger partial charge in [0.2, 0.25) is 18.6 Å². The third kappa shape index (κ3) is 1.87. The molecule has 0 radical (unpaired) electrons. The lowest BCUT2D eigenvalue weighted by Gasteiger charge is -2.23. The van der Waals surface area contributed by atoms with E-state index in [1.54, 1.807) is 13.2 Å². The van der Waals surface area contributed by atoms with E-state index in [2.05, 4.69) is 4.99 Å². The van der Waals surface area contributed by atoms with Crippen LogP contribution >= 0.6 is 0 Å². The zero-order valence-electron chi connectivity index (χ0n) is 10.8. The molecule has 0 amide bonds. The monoisotopic (exact) mass is 261 g/mol. The molecule has 1 saturated carbocycles. The molecule has 1 aliphatic carbocycles. The van der Waals surface area contributed by atoms with E-state index in [0.717, 1.165) is 31.2 Å². The summed E-state index contributed by atoms with van der Waals surface area (Å²) in [7, 11) is 1.59. The van der Waals surface area contributed by atoms with E-state index in [4.69, 9.17) is 14.2 Å². The quantitative estimate of drug-likeness (QED) is 0.619. The number of ether oxygens (including phenoxy) is 3. The molecule has 0 spiro atoms. The first kappa shape index (κ1) is 12.1. The van der Waals surface area contributed by atoms with E-state index >= 15 is 0 Å². The summed E-state index contributed by atoms with van der Waals surface area (Å²) in [5.74, 6) is 1.90. The van der Waals surface area contributed by atoms with Crippen molar-refractivity contribution < 1.29 is 19.0 Å². The van der Waals surface area contributed by atoms with Gasteiger partial charge in [-0.1, -0.05) is 12.8 Å². The Labute approximate surface area is 111 Å². The fraction of sp³-hybridized carbons (Fsp3) is 0.500. The van der Waals surface area contributed by atoms with Crippen LogP contribution in [0.15, 0.2) is 17.1 Å². The van der Waals surface area contributed by atoms with Gasteiger partial charge in [0, 0.05) is 0 Å². The van der Waals surface area contributed by atoms with Gasteiger partial charge in [0.1, 0.15) is 0 Å². The zero-order chi connectivity index (χ0) is 13.3. The van der Waals surface area contributed by atoms with Gasteiger partial charge in [0.05, 0.1) is 12.6 Å². The van der Waals surface area contributed by atoms with E-state index in [0.29, 0.717) is 17.2 Å². The molecule has 0 atom stereocenters. The highest BCUT2D eigenvalue weighted by atomic mass is 16.7. The van der Waals surface area contributed by atoms with E-state index < -0.39 is 5.54 Å². The molecule has 0 bridgehead atoms. The molecule has 1 aromatic rings. The van der Waals surface area contributed by atoms with Crippen LogP contribution in [0, 0.1) is 0 Å². The molecule has 2 aliphatic rings. The molecule has 1 heterocycles. The van der Waals surface area contributed by atoms with Crippen LogP contribution in [0.4, 0.5) is 0 Å². The number of rotatable bonds is 3. The van der Waals surface area contributed by atoms with Gasteiger partial charge in [-0.15, -0.1) is 0 Å². The normalized spacial score (nSPS) is 19.0. The number of fused-ring (bicyclic) bond motifs is 1. The van der Waals surface area contributed by atoms with Crippen molar-refractivity contribution >= 4 is 6.08 Å². The van der Waals surface area contributed by atoms with Gasteiger partial charge < -0.3 is 14.2 Å². The molecular formula is C14H15NO4. The first-order valence-corrected chi connectivity index (χ1v) is 6.36. The maximum atomic E-state index is 10.7. The van der Waals surface area contributed by atoms with Gasteiger partial charge in [0.15, 0.2) is 11.5 Å². The van der Waals surface area contributed by atoms with Crippen LogP contribution in [0.5, 0.6) is 17.2 Å². The first-order chi connectivity index (χ1) is 9.29. The molecule has 0 saturated heterocycles. The van der Waals surface area contributed by atoms with Crippen molar-refractivity contribution in [2.24, 2.45) is 4.99 Å². The maximum absolute atomic E-state index is 10.7. The Morgan fingerprint density at radius 2 is 2.11 bits per heavy atom. The number of nitrogens with zero attached hydrogens (tertiary/aromatic N) is 1. The molecule has 0 aromatic heterocycles. The van der Waals surface area contributed by atoms with Crippen molar-refractivity contribution in [1.29, 1.82) is 0 Å². The minimum atomic E-state index is -0.476.